The number of fused-ring (bicyclic) bond motifs is 1. The number of methoxy groups -OCH3 is 1. The van der Waals surface area contributed by atoms with E-state index in [1.165, 1.54) is 13.2 Å². The van der Waals surface area contributed by atoms with Crippen molar-refractivity contribution in [2.45, 2.75) is 0 Å². The Bertz CT molecular complexity index is 849. The lowest BCUT2D eigenvalue weighted by Crippen LogP contribution is -2.05. The van der Waals surface area contributed by atoms with Gasteiger partial charge in [0.05, 0.1) is 29.3 Å². The maximum Gasteiger partial charge on any atom is 0.337 e. The first-order valence-corrected chi connectivity index (χ1v) is 6.59. The average Bonchev–Trinajstić information content (AvgIpc) is 2.54. The van der Waals surface area contributed by atoms with Crippen LogP contribution in [0.4, 0.5) is 11.6 Å². The number of nitrogens with one attached hydrogen (secondary N) is 1. The van der Waals surface area contributed by atoms with Crippen LogP contribution in [-0.2, 0) is 0 Å². The third-order valence-electron chi connectivity index (χ3n) is 3.17. The third kappa shape index (κ3) is 2.54. The summed E-state index contributed by atoms with van der Waals surface area (Å²) in [4.78, 5) is 19.9. The van der Waals surface area contributed by atoms with Crippen molar-refractivity contribution in [3.63, 3.8) is 0 Å². The molecule has 6 heteroatoms. The number of nitrogens with zero attached hydrogens (tertiary/aromatic N) is 2. The Morgan fingerprint density at radius 2 is 1.82 bits per heavy atom. The SMILES string of the molecule is COc1nc(Nc2ccccc2C(=O)O)nc2ccccc12. The number of ether oxygens (including phenoxy) is 1. The van der Waals surface area contributed by atoms with Crippen LogP contribution in [-0.4, -0.2) is 28.2 Å². The molecule has 1 heterocycles. The fourth-order valence-electron chi connectivity index (χ4n) is 2.16. The molecular weight excluding hydrogens is 282 g/mol. The number of hydrogen-bond acceptors (Lipinski definition) is 5. The largest absolute Gasteiger partial charge is 0.480 e. The molecule has 22 heavy (non-hydrogen) atoms. The molecule has 3 rings (SSSR count). The van der Waals surface area contributed by atoms with Gasteiger partial charge in [-0.15, -0.1) is 0 Å². The maximum absolute atomic E-state index is 11.2. The van der Waals surface area contributed by atoms with Gasteiger partial charge in [-0.3, -0.25) is 0 Å². The van der Waals surface area contributed by atoms with E-state index in [9.17, 15) is 9.90 Å². The summed E-state index contributed by atoms with van der Waals surface area (Å²) in [5, 5.41) is 12.9. The van der Waals surface area contributed by atoms with Crippen molar-refractivity contribution in [1.82, 2.24) is 9.97 Å². The topological polar surface area (TPSA) is 84.3 Å². The van der Waals surface area contributed by atoms with Gasteiger partial charge in [-0.05, 0) is 24.3 Å². The van der Waals surface area contributed by atoms with E-state index < -0.39 is 5.97 Å². The number of hydrogen-bond donors (Lipinski definition) is 2. The van der Waals surface area contributed by atoms with Crippen molar-refractivity contribution >= 4 is 28.5 Å². The number of para-hydroxylation sites is 2. The van der Waals surface area contributed by atoms with E-state index >= 15 is 0 Å². The standard InChI is InChI=1S/C16H13N3O3/c1-22-14-10-6-2-4-8-12(10)17-16(19-14)18-13-9-5-3-7-11(13)15(20)21/h2-9H,1H3,(H,20,21)(H,17,18,19). The second kappa shape index (κ2) is 5.69. The molecule has 0 unspecified atom stereocenters. The van der Waals surface area contributed by atoms with Crippen LogP contribution in [0.25, 0.3) is 10.9 Å². The molecule has 0 aliphatic heterocycles. The summed E-state index contributed by atoms with van der Waals surface area (Å²) in [6.07, 6.45) is 0. The molecule has 0 saturated carbocycles. The molecule has 0 amide bonds. The van der Waals surface area contributed by atoms with E-state index in [2.05, 4.69) is 15.3 Å². The highest BCUT2D eigenvalue weighted by Crippen LogP contribution is 2.26. The van der Waals surface area contributed by atoms with E-state index in [0.29, 0.717) is 17.1 Å². The lowest BCUT2D eigenvalue weighted by atomic mass is 10.2. The van der Waals surface area contributed by atoms with Crippen molar-refractivity contribution in [1.29, 1.82) is 0 Å². The fourth-order valence-corrected chi connectivity index (χ4v) is 2.16. The summed E-state index contributed by atoms with van der Waals surface area (Å²) < 4.78 is 5.28. The highest BCUT2D eigenvalue weighted by atomic mass is 16.5. The highest BCUT2D eigenvalue weighted by molar-refractivity contribution is 5.95. The summed E-state index contributed by atoms with van der Waals surface area (Å²) >= 11 is 0. The maximum atomic E-state index is 11.2. The molecule has 0 radical (unpaired) electrons. The first kappa shape index (κ1) is 13.8. The number of aromatic nitrogens is 2. The zero-order chi connectivity index (χ0) is 15.5. The van der Waals surface area contributed by atoms with Crippen LogP contribution < -0.4 is 10.1 Å². The normalized spacial score (nSPS) is 10.4. The quantitative estimate of drug-likeness (QED) is 0.769. The number of anilines is 2. The fraction of sp³-hybridized carbons (Fsp3) is 0.0625. The molecule has 1 aromatic heterocycles. The Kier molecular flexibility index (Phi) is 3.57. The van der Waals surface area contributed by atoms with Crippen LogP contribution in [0.5, 0.6) is 5.88 Å². The Hall–Kier alpha value is -3.15. The molecule has 0 atom stereocenters. The molecule has 2 aromatic carbocycles. The predicted octanol–water partition coefficient (Wildman–Crippen LogP) is 3.08. The molecule has 0 aliphatic rings. The number of carboxylic acid groups (broad SMARTS) is 1. The first-order chi connectivity index (χ1) is 10.7. The molecule has 110 valence electrons. The van der Waals surface area contributed by atoms with Gasteiger partial charge in [0, 0.05) is 0 Å². The Morgan fingerprint density at radius 3 is 2.59 bits per heavy atom. The molecule has 0 aliphatic carbocycles. The monoisotopic (exact) mass is 295 g/mol. The lowest BCUT2D eigenvalue weighted by Gasteiger charge is -2.10. The van der Waals surface area contributed by atoms with Gasteiger partial charge in [0.2, 0.25) is 11.8 Å². The zero-order valence-electron chi connectivity index (χ0n) is 11.8. The van der Waals surface area contributed by atoms with Crippen molar-refractivity contribution in [2.24, 2.45) is 0 Å². The summed E-state index contributed by atoms with van der Waals surface area (Å²) in [7, 11) is 1.53. The molecule has 6 nitrogen and oxygen atoms in total. The van der Waals surface area contributed by atoms with Crippen LogP contribution in [0.2, 0.25) is 0 Å². The van der Waals surface area contributed by atoms with E-state index in [-0.39, 0.29) is 11.5 Å². The number of rotatable bonds is 4. The van der Waals surface area contributed by atoms with Crippen molar-refractivity contribution in [3.05, 3.63) is 54.1 Å². The summed E-state index contributed by atoms with van der Waals surface area (Å²) in [5.74, 6) is -0.305. The van der Waals surface area contributed by atoms with E-state index in [4.69, 9.17) is 4.74 Å². The van der Waals surface area contributed by atoms with Crippen molar-refractivity contribution < 1.29 is 14.6 Å². The number of benzene rings is 2. The van der Waals surface area contributed by atoms with Crippen LogP contribution >= 0.6 is 0 Å². The van der Waals surface area contributed by atoms with Gasteiger partial charge in [0.25, 0.3) is 0 Å². The molecule has 2 N–H and O–H groups in total. The van der Waals surface area contributed by atoms with Gasteiger partial charge in [-0.2, -0.15) is 4.98 Å². The average molecular weight is 295 g/mol. The summed E-state index contributed by atoms with van der Waals surface area (Å²) in [5.41, 5.74) is 1.29. The summed E-state index contributed by atoms with van der Waals surface area (Å²) in [6, 6.07) is 14.0. The molecule has 0 bridgehead atoms. The van der Waals surface area contributed by atoms with Crippen LogP contribution in [0.1, 0.15) is 10.4 Å². The minimum Gasteiger partial charge on any atom is -0.480 e. The molecule has 3 aromatic rings. The molecule has 0 fully saturated rings. The second-order valence-corrected chi connectivity index (χ2v) is 4.55. The van der Waals surface area contributed by atoms with Gasteiger partial charge >= 0.3 is 5.97 Å². The van der Waals surface area contributed by atoms with Crippen molar-refractivity contribution in [3.8, 4) is 5.88 Å². The highest BCUT2D eigenvalue weighted by Gasteiger charge is 2.12. The molecule has 0 spiro atoms. The predicted molar refractivity (Wildman–Crippen MR) is 82.8 cm³/mol. The van der Waals surface area contributed by atoms with Gasteiger partial charge in [0.1, 0.15) is 0 Å². The van der Waals surface area contributed by atoms with E-state index in [1.54, 1.807) is 18.2 Å². The number of aromatic carboxylic acids is 1. The summed E-state index contributed by atoms with van der Waals surface area (Å²) in [6.45, 7) is 0. The molecule has 0 saturated heterocycles. The Balaban J connectivity index is 2.06. The Morgan fingerprint density at radius 1 is 1.09 bits per heavy atom. The lowest BCUT2D eigenvalue weighted by molar-refractivity contribution is 0.0698. The van der Waals surface area contributed by atoms with Gasteiger partial charge in [0.15, 0.2) is 0 Å². The van der Waals surface area contributed by atoms with E-state index in [1.807, 2.05) is 24.3 Å². The van der Waals surface area contributed by atoms with Gasteiger partial charge in [-0.25, -0.2) is 9.78 Å². The van der Waals surface area contributed by atoms with Crippen LogP contribution in [0, 0.1) is 0 Å². The number of carboxylic acids is 1. The minimum atomic E-state index is -1.02. The van der Waals surface area contributed by atoms with Crippen LogP contribution in [0.3, 0.4) is 0 Å². The van der Waals surface area contributed by atoms with Crippen molar-refractivity contribution in [2.75, 3.05) is 12.4 Å². The zero-order valence-corrected chi connectivity index (χ0v) is 11.8. The van der Waals surface area contributed by atoms with Gasteiger partial charge < -0.3 is 15.2 Å². The van der Waals surface area contributed by atoms with E-state index in [0.717, 1.165) is 5.39 Å². The molecular formula is C16H13N3O3. The van der Waals surface area contributed by atoms with Gasteiger partial charge in [-0.1, -0.05) is 24.3 Å². The Labute approximate surface area is 126 Å². The third-order valence-corrected chi connectivity index (χ3v) is 3.17. The smallest absolute Gasteiger partial charge is 0.337 e. The number of carbonyl (C=O) groups is 1. The second-order valence-electron chi connectivity index (χ2n) is 4.55. The first-order valence-electron chi connectivity index (χ1n) is 6.59. The minimum absolute atomic E-state index is 0.151. The van der Waals surface area contributed by atoms with Crippen LogP contribution in [0.15, 0.2) is 48.5 Å².